The molecular formula is C11H11F3N2O. The molecule has 0 bridgehead atoms. The first-order chi connectivity index (χ1) is 7.96. The minimum Gasteiger partial charge on any atom is -0.439 e. The molecule has 0 unspecified atom stereocenters. The van der Waals surface area contributed by atoms with Gasteiger partial charge in [-0.3, -0.25) is 0 Å². The van der Waals surface area contributed by atoms with E-state index in [1.165, 1.54) is 0 Å². The standard InChI is InChI=1S/C11H11F3N2O/c1-7-3-2-4-8-10(7)16-9(17-8)5-15-6-11(12,13)14/h2-4,15H,5-6H2,1H3. The lowest BCUT2D eigenvalue weighted by atomic mass is 10.2. The summed E-state index contributed by atoms with van der Waals surface area (Å²) in [6, 6.07) is 5.43. The van der Waals surface area contributed by atoms with Gasteiger partial charge in [-0.05, 0) is 18.6 Å². The van der Waals surface area contributed by atoms with Crippen LogP contribution in [0.2, 0.25) is 0 Å². The van der Waals surface area contributed by atoms with Gasteiger partial charge in [-0.1, -0.05) is 12.1 Å². The number of fused-ring (bicyclic) bond motifs is 1. The van der Waals surface area contributed by atoms with Gasteiger partial charge < -0.3 is 9.73 Å². The number of rotatable bonds is 3. The summed E-state index contributed by atoms with van der Waals surface area (Å²) in [4.78, 5) is 4.14. The maximum absolute atomic E-state index is 11.9. The van der Waals surface area contributed by atoms with Crippen molar-refractivity contribution >= 4 is 11.1 Å². The van der Waals surface area contributed by atoms with Gasteiger partial charge in [-0.2, -0.15) is 13.2 Å². The highest BCUT2D eigenvalue weighted by Gasteiger charge is 2.26. The van der Waals surface area contributed by atoms with Gasteiger partial charge in [0, 0.05) is 0 Å². The molecule has 2 aromatic rings. The zero-order valence-electron chi connectivity index (χ0n) is 9.14. The van der Waals surface area contributed by atoms with E-state index in [1.54, 1.807) is 6.07 Å². The van der Waals surface area contributed by atoms with E-state index in [0.29, 0.717) is 11.1 Å². The Labute approximate surface area is 95.6 Å². The minimum atomic E-state index is -4.22. The Morgan fingerprint density at radius 2 is 2.12 bits per heavy atom. The van der Waals surface area contributed by atoms with Crippen molar-refractivity contribution in [2.24, 2.45) is 0 Å². The van der Waals surface area contributed by atoms with Crippen molar-refractivity contribution in [1.82, 2.24) is 10.3 Å². The molecule has 1 aromatic carbocycles. The molecule has 0 radical (unpaired) electrons. The SMILES string of the molecule is Cc1cccc2oc(CNCC(F)(F)F)nc12. The number of alkyl halides is 3. The summed E-state index contributed by atoms with van der Waals surface area (Å²) in [6.45, 7) is 0.788. The molecule has 0 saturated heterocycles. The number of oxazole rings is 1. The maximum atomic E-state index is 11.9. The van der Waals surface area contributed by atoms with Gasteiger partial charge in [0.1, 0.15) is 5.52 Å². The molecule has 0 amide bonds. The van der Waals surface area contributed by atoms with Gasteiger partial charge in [0.15, 0.2) is 5.58 Å². The Kier molecular flexibility index (Phi) is 3.06. The summed E-state index contributed by atoms with van der Waals surface area (Å²) in [6.07, 6.45) is -4.22. The van der Waals surface area contributed by atoms with Crippen LogP contribution in [0.5, 0.6) is 0 Å². The van der Waals surface area contributed by atoms with Gasteiger partial charge >= 0.3 is 6.18 Å². The minimum absolute atomic E-state index is 0.0341. The average molecular weight is 244 g/mol. The number of nitrogens with zero attached hydrogens (tertiary/aromatic N) is 1. The quantitative estimate of drug-likeness (QED) is 0.902. The number of para-hydroxylation sites is 1. The molecule has 0 saturated carbocycles. The zero-order chi connectivity index (χ0) is 12.5. The molecule has 6 heteroatoms. The highest BCUT2D eigenvalue weighted by molar-refractivity contribution is 5.76. The van der Waals surface area contributed by atoms with E-state index in [9.17, 15) is 13.2 Å². The second kappa shape index (κ2) is 4.37. The fraction of sp³-hybridized carbons (Fsp3) is 0.364. The largest absolute Gasteiger partial charge is 0.439 e. The average Bonchev–Trinajstić information content (AvgIpc) is 2.60. The molecule has 0 atom stereocenters. The smallest absolute Gasteiger partial charge is 0.401 e. The number of hydrogen-bond acceptors (Lipinski definition) is 3. The predicted octanol–water partition coefficient (Wildman–Crippen LogP) is 2.79. The Balaban J connectivity index is 2.07. The molecule has 1 N–H and O–H groups in total. The van der Waals surface area contributed by atoms with E-state index < -0.39 is 12.7 Å². The van der Waals surface area contributed by atoms with Crippen molar-refractivity contribution in [3.05, 3.63) is 29.7 Å². The van der Waals surface area contributed by atoms with Crippen LogP contribution in [0.4, 0.5) is 13.2 Å². The predicted molar refractivity (Wildman–Crippen MR) is 56.5 cm³/mol. The van der Waals surface area contributed by atoms with Crippen LogP contribution >= 0.6 is 0 Å². The van der Waals surface area contributed by atoms with Crippen LogP contribution in [0, 0.1) is 6.92 Å². The van der Waals surface area contributed by atoms with E-state index in [0.717, 1.165) is 5.56 Å². The molecule has 0 spiro atoms. The first-order valence-electron chi connectivity index (χ1n) is 5.08. The van der Waals surface area contributed by atoms with Crippen LogP contribution < -0.4 is 5.32 Å². The fourth-order valence-electron chi connectivity index (χ4n) is 1.52. The molecule has 0 aliphatic rings. The third kappa shape index (κ3) is 2.97. The van der Waals surface area contributed by atoms with Gasteiger partial charge in [-0.25, -0.2) is 4.98 Å². The van der Waals surface area contributed by atoms with E-state index in [-0.39, 0.29) is 12.4 Å². The molecule has 3 nitrogen and oxygen atoms in total. The third-order valence-electron chi connectivity index (χ3n) is 2.27. The molecule has 1 aromatic heterocycles. The number of halogens is 3. The second-order valence-electron chi connectivity index (χ2n) is 3.75. The lowest BCUT2D eigenvalue weighted by Gasteiger charge is -2.05. The van der Waals surface area contributed by atoms with Gasteiger partial charge in [-0.15, -0.1) is 0 Å². The number of aromatic nitrogens is 1. The summed E-state index contributed by atoms with van der Waals surface area (Å²) in [7, 11) is 0. The van der Waals surface area contributed by atoms with Crippen LogP contribution in [0.3, 0.4) is 0 Å². The molecule has 1 heterocycles. The van der Waals surface area contributed by atoms with Crippen molar-refractivity contribution < 1.29 is 17.6 Å². The normalized spacial score (nSPS) is 12.2. The van der Waals surface area contributed by atoms with E-state index >= 15 is 0 Å². The summed E-state index contributed by atoms with van der Waals surface area (Å²) in [5, 5.41) is 2.24. The molecule has 92 valence electrons. The van der Waals surface area contributed by atoms with E-state index in [2.05, 4.69) is 10.3 Å². The van der Waals surface area contributed by atoms with Crippen LogP contribution in [0.25, 0.3) is 11.1 Å². The Morgan fingerprint density at radius 3 is 2.76 bits per heavy atom. The van der Waals surface area contributed by atoms with E-state index in [4.69, 9.17) is 4.42 Å². The summed E-state index contributed by atoms with van der Waals surface area (Å²) < 4.78 is 41.1. The molecular weight excluding hydrogens is 233 g/mol. The van der Waals surface area contributed by atoms with Gasteiger partial charge in [0.25, 0.3) is 0 Å². The van der Waals surface area contributed by atoms with Crippen molar-refractivity contribution in [3.63, 3.8) is 0 Å². The maximum Gasteiger partial charge on any atom is 0.401 e. The topological polar surface area (TPSA) is 38.1 Å². The lowest BCUT2D eigenvalue weighted by Crippen LogP contribution is -2.28. The number of aryl methyl sites for hydroxylation is 1. The van der Waals surface area contributed by atoms with Crippen molar-refractivity contribution in [1.29, 1.82) is 0 Å². The van der Waals surface area contributed by atoms with E-state index in [1.807, 2.05) is 19.1 Å². The Morgan fingerprint density at radius 1 is 1.35 bits per heavy atom. The van der Waals surface area contributed by atoms with Crippen LogP contribution in [0.1, 0.15) is 11.5 Å². The first kappa shape index (κ1) is 11.9. The van der Waals surface area contributed by atoms with Crippen molar-refractivity contribution in [2.75, 3.05) is 6.54 Å². The molecule has 0 aliphatic heterocycles. The van der Waals surface area contributed by atoms with Gasteiger partial charge in [0.05, 0.1) is 13.1 Å². The third-order valence-corrected chi connectivity index (χ3v) is 2.27. The Bertz CT molecular complexity index is 519. The Hall–Kier alpha value is -1.56. The molecule has 2 rings (SSSR count). The number of nitrogens with one attached hydrogen (secondary N) is 1. The lowest BCUT2D eigenvalue weighted by molar-refractivity contribution is -0.125. The van der Waals surface area contributed by atoms with Crippen molar-refractivity contribution in [2.45, 2.75) is 19.6 Å². The van der Waals surface area contributed by atoms with Crippen LogP contribution in [0.15, 0.2) is 22.6 Å². The summed E-state index contributed by atoms with van der Waals surface area (Å²) in [5.74, 6) is 0.263. The summed E-state index contributed by atoms with van der Waals surface area (Å²) >= 11 is 0. The molecule has 17 heavy (non-hydrogen) atoms. The number of hydrogen-bond donors (Lipinski definition) is 1. The highest BCUT2D eigenvalue weighted by Crippen LogP contribution is 2.19. The first-order valence-corrected chi connectivity index (χ1v) is 5.08. The second-order valence-corrected chi connectivity index (χ2v) is 3.75. The highest BCUT2D eigenvalue weighted by atomic mass is 19.4. The monoisotopic (exact) mass is 244 g/mol. The number of benzene rings is 1. The zero-order valence-corrected chi connectivity index (χ0v) is 9.14. The van der Waals surface area contributed by atoms with Crippen molar-refractivity contribution in [3.8, 4) is 0 Å². The van der Waals surface area contributed by atoms with Gasteiger partial charge in [0.2, 0.25) is 5.89 Å². The molecule has 0 aliphatic carbocycles. The fourth-order valence-corrected chi connectivity index (χ4v) is 1.52. The summed E-state index contributed by atoms with van der Waals surface area (Å²) in [5.41, 5.74) is 2.22. The van der Waals surface area contributed by atoms with Crippen LogP contribution in [-0.4, -0.2) is 17.7 Å². The molecule has 0 fully saturated rings. The van der Waals surface area contributed by atoms with Crippen LogP contribution in [-0.2, 0) is 6.54 Å².